The Labute approximate surface area is 198 Å². The molecule has 6 nitrogen and oxygen atoms in total. The minimum Gasteiger partial charge on any atom is -0.441 e. The maximum atomic E-state index is 12.6. The summed E-state index contributed by atoms with van der Waals surface area (Å²) in [6, 6.07) is 6.41. The summed E-state index contributed by atoms with van der Waals surface area (Å²) in [5.41, 5.74) is 4.48. The molecule has 0 radical (unpaired) electrons. The van der Waals surface area contributed by atoms with Crippen molar-refractivity contribution in [2.75, 3.05) is 39.3 Å². The van der Waals surface area contributed by atoms with Crippen LogP contribution in [0.5, 0.6) is 0 Å². The number of aryl methyl sites for hydroxylation is 3. The number of amides is 1. The number of oxazole rings is 1. The molecule has 0 aliphatic carbocycles. The summed E-state index contributed by atoms with van der Waals surface area (Å²) in [5, 5.41) is 3.18. The number of hydrogen-bond acceptors (Lipinski definition) is 5. The predicted octanol–water partition coefficient (Wildman–Crippen LogP) is 4.47. The maximum Gasteiger partial charge on any atom is 0.226 e. The number of benzene rings is 1. The van der Waals surface area contributed by atoms with Crippen LogP contribution in [0.4, 0.5) is 0 Å². The summed E-state index contributed by atoms with van der Waals surface area (Å²) in [5.74, 6) is 1.97. The Kier molecular flexibility index (Phi) is 8.20. The van der Waals surface area contributed by atoms with Crippen LogP contribution in [0.1, 0.15) is 61.1 Å². The van der Waals surface area contributed by atoms with Crippen LogP contribution in [0.2, 0.25) is 0 Å². The lowest BCUT2D eigenvalue weighted by atomic mass is 9.95. The molecular weight excluding hydrogens is 412 g/mol. The third-order valence-electron chi connectivity index (χ3n) is 7.09. The number of nitrogens with zero attached hydrogens (tertiary/aromatic N) is 3. The lowest BCUT2D eigenvalue weighted by Crippen LogP contribution is -2.41. The van der Waals surface area contributed by atoms with Gasteiger partial charge in [0.2, 0.25) is 11.8 Å². The first-order valence-electron chi connectivity index (χ1n) is 12.8. The summed E-state index contributed by atoms with van der Waals surface area (Å²) in [6.45, 7) is 13.2. The van der Waals surface area contributed by atoms with Crippen LogP contribution in [-0.2, 0) is 11.3 Å². The molecule has 0 atom stereocenters. The molecule has 1 amide bonds. The van der Waals surface area contributed by atoms with E-state index in [2.05, 4.69) is 47.2 Å². The molecule has 4 rings (SSSR count). The maximum absolute atomic E-state index is 12.6. The fourth-order valence-electron chi connectivity index (χ4n) is 5.20. The van der Waals surface area contributed by atoms with Gasteiger partial charge in [-0.25, -0.2) is 4.98 Å². The Morgan fingerprint density at radius 1 is 1.00 bits per heavy atom. The van der Waals surface area contributed by atoms with Crippen LogP contribution >= 0.6 is 0 Å². The molecule has 33 heavy (non-hydrogen) atoms. The molecular formula is C27H40N4O2. The zero-order valence-corrected chi connectivity index (χ0v) is 20.7. The molecule has 2 aliphatic heterocycles. The highest BCUT2D eigenvalue weighted by atomic mass is 16.4. The van der Waals surface area contributed by atoms with Gasteiger partial charge in [0.1, 0.15) is 5.76 Å². The van der Waals surface area contributed by atoms with E-state index in [1.165, 1.54) is 43.5 Å². The minimum absolute atomic E-state index is 0.139. The Balaban J connectivity index is 1.21. The molecule has 1 aromatic carbocycles. The quantitative estimate of drug-likeness (QED) is 0.599. The Hall–Kier alpha value is -2.18. The number of rotatable bonds is 8. The minimum atomic E-state index is 0.139. The summed E-state index contributed by atoms with van der Waals surface area (Å²) >= 11 is 0. The molecule has 6 heteroatoms. The summed E-state index contributed by atoms with van der Waals surface area (Å²) in [4.78, 5) is 22.4. The van der Waals surface area contributed by atoms with Gasteiger partial charge in [-0.05, 0) is 97.7 Å². The van der Waals surface area contributed by atoms with Crippen molar-refractivity contribution < 1.29 is 9.21 Å². The van der Waals surface area contributed by atoms with Crippen LogP contribution in [0.25, 0.3) is 11.5 Å². The van der Waals surface area contributed by atoms with Crippen molar-refractivity contribution in [1.29, 1.82) is 0 Å². The van der Waals surface area contributed by atoms with E-state index in [1.807, 2.05) is 6.92 Å². The SMILES string of the molecule is Cc1cc(C)cc(-c2nc(CN3CCC(C(=O)NCCCN4CCCCC4)CC3)c(C)o2)c1. The lowest BCUT2D eigenvalue weighted by molar-refractivity contribution is -0.126. The summed E-state index contributed by atoms with van der Waals surface area (Å²) in [6.07, 6.45) is 6.91. The van der Waals surface area contributed by atoms with Crippen molar-refractivity contribution in [2.24, 2.45) is 5.92 Å². The number of piperidine rings is 2. The van der Waals surface area contributed by atoms with E-state index in [9.17, 15) is 4.79 Å². The van der Waals surface area contributed by atoms with Gasteiger partial charge in [-0.1, -0.05) is 23.6 Å². The lowest BCUT2D eigenvalue weighted by Gasteiger charge is -2.31. The van der Waals surface area contributed by atoms with E-state index in [-0.39, 0.29) is 11.8 Å². The molecule has 0 saturated carbocycles. The highest BCUT2D eigenvalue weighted by Gasteiger charge is 2.26. The molecule has 2 aliphatic rings. The highest BCUT2D eigenvalue weighted by molar-refractivity contribution is 5.78. The fraction of sp³-hybridized carbons (Fsp3) is 0.630. The molecule has 0 spiro atoms. The zero-order valence-electron chi connectivity index (χ0n) is 20.7. The standard InChI is InChI=1S/C27H40N4O2/c1-20-16-21(2)18-24(17-20)27-29-25(22(3)33-27)19-31-14-8-23(9-15-31)26(32)28-10-7-13-30-11-5-4-6-12-30/h16-18,23H,4-15,19H2,1-3H3,(H,28,32). The second kappa shape index (κ2) is 11.3. The second-order valence-electron chi connectivity index (χ2n) is 10.00. The monoisotopic (exact) mass is 452 g/mol. The van der Waals surface area contributed by atoms with Gasteiger partial charge >= 0.3 is 0 Å². The van der Waals surface area contributed by atoms with Crippen molar-refractivity contribution in [3.8, 4) is 11.5 Å². The normalized spacial score (nSPS) is 18.5. The number of aromatic nitrogens is 1. The van der Waals surface area contributed by atoms with Crippen LogP contribution in [0.3, 0.4) is 0 Å². The number of carbonyl (C=O) groups excluding carboxylic acids is 1. The smallest absolute Gasteiger partial charge is 0.226 e. The van der Waals surface area contributed by atoms with E-state index in [0.29, 0.717) is 5.89 Å². The molecule has 2 aromatic rings. The molecule has 2 saturated heterocycles. The molecule has 0 unspecified atom stereocenters. The molecule has 3 heterocycles. The number of carbonyl (C=O) groups is 1. The Bertz CT molecular complexity index is 904. The van der Waals surface area contributed by atoms with Crippen molar-refractivity contribution in [3.05, 3.63) is 40.8 Å². The first-order chi connectivity index (χ1) is 16.0. The third-order valence-corrected chi connectivity index (χ3v) is 7.09. The average Bonchev–Trinajstić information content (AvgIpc) is 3.17. The van der Waals surface area contributed by atoms with Crippen LogP contribution < -0.4 is 5.32 Å². The van der Waals surface area contributed by atoms with Crippen molar-refractivity contribution in [2.45, 2.75) is 65.8 Å². The van der Waals surface area contributed by atoms with Crippen LogP contribution in [-0.4, -0.2) is 60.0 Å². The van der Waals surface area contributed by atoms with Crippen molar-refractivity contribution in [1.82, 2.24) is 20.1 Å². The van der Waals surface area contributed by atoms with E-state index in [1.54, 1.807) is 0 Å². The number of nitrogens with one attached hydrogen (secondary N) is 1. The van der Waals surface area contributed by atoms with E-state index >= 15 is 0 Å². The summed E-state index contributed by atoms with van der Waals surface area (Å²) < 4.78 is 6.00. The van der Waals surface area contributed by atoms with E-state index in [4.69, 9.17) is 9.40 Å². The van der Waals surface area contributed by atoms with Gasteiger partial charge in [-0.2, -0.15) is 0 Å². The average molecular weight is 453 g/mol. The largest absolute Gasteiger partial charge is 0.441 e. The van der Waals surface area contributed by atoms with E-state index in [0.717, 1.165) is 69.0 Å². The van der Waals surface area contributed by atoms with Crippen LogP contribution in [0.15, 0.2) is 22.6 Å². The van der Waals surface area contributed by atoms with Gasteiger partial charge in [-0.15, -0.1) is 0 Å². The fourth-order valence-corrected chi connectivity index (χ4v) is 5.20. The van der Waals surface area contributed by atoms with Crippen molar-refractivity contribution in [3.63, 3.8) is 0 Å². The Morgan fingerprint density at radius 3 is 2.39 bits per heavy atom. The molecule has 0 bridgehead atoms. The van der Waals surface area contributed by atoms with Gasteiger partial charge in [0.25, 0.3) is 0 Å². The number of likely N-dealkylation sites (tertiary alicyclic amines) is 2. The highest BCUT2D eigenvalue weighted by Crippen LogP contribution is 2.26. The van der Waals surface area contributed by atoms with Crippen LogP contribution in [0, 0.1) is 26.7 Å². The molecule has 2 fully saturated rings. The third kappa shape index (κ3) is 6.67. The van der Waals surface area contributed by atoms with Crippen molar-refractivity contribution >= 4 is 5.91 Å². The predicted molar refractivity (Wildman–Crippen MR) is 132 cm³/mol. The molecule has 1 aromatic heterocycles. The topological polar surface area (TPSA) is 61.6 Å². The Morgan fingerprint density at radius 2 is 1.70 bits per heavy atom. The van der Waals surface area contributed by atoms with Gasteiger partial charge in [-0.3, -0.25) is 9.69 Å². The zero-order chi connectivity index (χ0) is 23.2. The van der Waals surface area contributed by atoms with Gasteiger partial charge < -0.3 is 14.6 Å². The molecule has 1 N–H and O–H groups in total. The van der Waals surface area contributed by atoms with Gasteiger partial charge in [0, 0.05) is 24.6 Å². The molecule has 180 valence electrons. The van der Waals surface area contributed by atoms with Gasteiger partial charge in [0.15, 0.2) is 0 Å². The number of hydrogen-bond donors (Lipinski definition) is 1. The second-order valence-corrected chi connectivity index (χ2v) is 10.00. The first-order valence-corrected chi connectivity index (χ1v) is 12.8. The van der Waals surface area contributed by atoms with E-state index < -0.39 is 0 Å². The van der Waals surface area contributed by atoms with Gasteiger partial charge in [0.05, 0.1) is 5.69 Å². The summed E-state index contributed by atoms with van der Waals surface area (Å²) in [7, 11) is 0. The first kappa shape index (κ1) is 24.0.